The van der Waals surface area contributed by atoms with Gasteiger partial charge in [-0.3, -0.25) is 9.69 Å². The van der Waals surface area contributed by atoms with Gasteiger partial charge in [-0.1, -0.05) is 36.4 Å². The lowest BCUT2D eigenvalue weighted by Gasteiger charge is -2.33. The number of carbonyl (C=O) groups is 1. The number of carbonyl (C=O) groups excluding carboxylic acids is 1. The number of nitrogens with zero attached hydrogens (tertiary/aromatic N) is 4. The van der Waals surface area contributed by atoms with Crippen LogP contribution in [0.5, 0.6) is 0 Å². The average molecular weight is 498 g/mol. The van der Waals surface area contributed by atoms with Crippen molar-refractivity contribution in [3.8, 4) is 6.07 Å². The van der Waals surface area contributed by atoms with E-state index in [1.807, 2.05) is 53.6 Å². The van der Waals surface area contributed by atoms with Crippen LogP contribution in [0.2, 0.25) is 0 Å². The van der Waals surface area contributed by atoms with Gasteiger partial charge in [-0.25, -0.2) is 8.42 Å². The smallest absolute Gasteiger partial charge is 0.252 e. The van der Waals surface area contributed by atoms with Crippen molar-refractivity contribution in [2.24, 2.45) is 0 Å². The molecule has 34 heavy (non-hydrogen) atoms. The van der Waals surface area contributed by atoms with E-state index in [1.54, 1.807) is 17.5 Å². The van der Waals surface area contributed by atoms with Crippen molar-refractivity contribution >= 4 is 33.1 Å². The molecule has 2 aromatic heterocycles. The summed E-state index contributed by atoms with van der Waals surface area (Å²) in [5.74, 6) is 0.281. The Morgan fingerprint density at radius 1 is 1.09 bits per heavy atom. The first-order valence-electron chi connectivity index (χ1n) is 11.0. The van der Waals surface area contributed by atoms with E-state index >= 15 is 0 Å². The average Bonchev–Trinajstić information content (AvgIpc) is 3.45. The van der Waals surface area contributed by atoms with Gasteiger partial charge in [0.05, 0.1) is 12.1 Å². The molecule has 1 N–H and O–H groups in total. The minimum atomic E-state index is -3.48. The molecule has 3 heterocycles. The highest BCUT2D eigenvalue weighted by Crippen LogP contribution is 2.27. The number of aromatic nitrogens is 1. The maximum atomic E-state index is 12.9. The molecular weight excluding hydrogens is 470 g/mol. The fourth-order valence-corrected chi connectivity index (χ4v) is 6.70. The molecule has 0 spiro atoms. The molecular formula is C24H27N5O3S2. The summed E-state index contributed by atoms with van der Waals surface area (Å²) in [5, 5.41) is 14.4. The number of amides is 1. The zero-order valence-corrected chi connectivity index (χ0v) is 20.8. The number of nitrogens with one attached hydrogen (secondary N) is 1. The van der Waals surface area contributed by atoms with Crippen LogP contribution in [-0.2, 0) is 21.4 Å². The normalized spacial score (nSPS) is 15.2. The summed E-state index contributed by atoms with van der Waals surface area (Å²) in [7, 11) is -3.48. The first-order valence-corrected chi connectivity index (χ1v) is 13.3. The van der Waals surface area contributed by atoms with Gasteiger partial charge in [0, 0.05) is 38.4 Å². The Bertz CT molecular complexity index is 1300. The van der Waals surface area contributed by atoms with Gasteiger partial charge in [-0.05, 0) is 36.4 Å². The number of anilines is 1. The van der Waals surface area contributed by atoms with Crippen molar-refractivity contribution in [3.05, 3.63) is 70.2 Å². The van der Waals surface area contributed by atoms with E-state index < -0.39 is 10.0 Å². The summed E-state index contributed by atoms with van der Waals surface area (Å²) < 4.78 is 29.2. The highest BCUT2D eigenvalue weighted by Gasteiger charge is 2.30. The van der Waals surface area contributed by atoms with E-state index in [0.717, 1.165) is 16.8 Å². The molecule has 178 valence electrons. The van der Waals surface area contributed by atoms with Gasteiger partial charge < -0.3 is 9.88 Å². The van der Waals surface area contributed by atoms with Crippen LogP contribution < -0.4 is 5.32 Å². The molecule has 0 saturated carbocycles. The van der Waals surface area contributed by atoms with Crippen LogP contribution in [0.15, 0.2) is 52.1 Å². The monoisotopic (exact) mass is 497 g/mol. The van der Waals surface area contributed by atoms with Gasteiger partial charge in [-0.2, -0.15) is 9.57 Å². The van der Waals surface area contributed by atoms with Gasteiger partial charge in [0.25, 0.3) is 10.0 Å². The standard InChI is InChI=1S/C24H27N5O3S2/c1-18-19(2)29(16-20-7-4-3-5-8-20)24(21(18)15-25)26-22(30)17-27-10-12-28(13-11-27)34(31,32)23-9-6-14-33-23/h3-9,14H,10-13,16-17H2,1-2H3,(H,26,30). The second-order valence-corrected chi connectivity index (χ2v) is 11.4. The van der Waals surface area contributed by atoms with Gasteiger partial charge in [0.1, 0.15) is 16.1 Å². The number of rotatable bonds is 7. The van der Waals surface area contributed by atoms with Crippen LogP contribution >= 0.6 is 11.3 Å². The Hall–Kier alpha value is -2.97. The molecule has 1 amide bonds. The highest BCUT2D eigenvalue weighted by atomic mass is 32.2. The quantitative estimate of drug-likeness (QED) is 0.541. The van der Waals surface area contributed by atoms with Crippen molar-refractivity contribution in [2.75, 3.05) is 38.0 Å². The number of piperazine rings is 1. The molecule has 4 rings (SSSR count). The fraction of sp³-hybridized carbons (Fsp3) is 0.333. The molecule has 0 bridgehead atoms. The van der Waals surface area contributed by atoms with Crippen LogP contribution in [0.3, 0.4) is 0 Å². The zero-order valence-electron chi connectivity index (χ0n) is 19.2. The molecule has 1 aromatic carbocycles. The number of benzene rings is 1. The summed E-state index contributed by atoms with van der Waals surface area (Å²) >= 11 is 1.21. The fourth-order valence-electron chi connectivity index (χ4n) is 4.13. The summed E-state index contributed by atoms with van der Waals surface area (Å²) in [5.41, 5.74) is 3.32. The van der Waals surface area contributed by atoms with Crippen molar-refractivity contribution in [2.45, 2.75) is 24.6 Å². The molecule has 1 saturated heterocycles. The Kier molecular flexibility index (Phi) is 7.19. The lowest BCUT2D eigenvalue weighted by Crippen LogP contribution is -2.50. The van der Waals surface area contributed by atoms with Crippen LogP contribution in [0.4, 0.5) is 5.82 Å². The predicted molar refractivity (Wildman–Crippen MR) is 132 cm³/mol. The van der Waals surface area contributed by atoms with Crippen LogP contribution in [0.1, 0.15) is 22.4 Å². The number of sulfonamides is 1. The Morgan fingerprint density at radius 2 is 1.79 bits per heavy atom. The Labute approximate surface area is 204 Å². The molecule has 8 nitrogen and oxygen atoms in total. The topological polar surface area (TPSA) is 98.4 Å². The molecule has 1 fully saturated rings. The van der Waals surface area contributed by atoms with Crippen LogP contribution in [-0.4, -0.2) is 60.8 Å². The second kappa shape index (κ2) is 10.1. The third kappa shape index (κ3) is 4.93. The zero-order chi connectivity index (χ0) is 24.3. The maximum Gasteiger partial charge on any atom is 0.252 e. The minimum absolute atomic E-state index is 0.131. The third-order valence-electron chi connectivity index (χ3n) is 6.17. The summed E-state index contributed by atoms with van der Waals surface area (Å²) in [6, 6.07) is 15.5. The number of nitriles is 1. The van der Waals surface area contributed by atoms with E-state index in [-0.39, 0.29) is 12.5 Å². The van der Waals surface area contributed by atoms with Crippen LogP contribution in [0.25, 0.3) is 0 Å². The van der Waals surface area contributed by atoms with Crippen molar-refractivity contribution in [3.63, 3.8) is 0 Å². The van der Waals surface area contributed by atoms with Gasteiger partial charge >= 0.3 is 0 Å². The minimum Gasteiger partial charge on any atom is -0.326 e. The van der Waals surface area contributed by atoms with Gasteiger partial charge in [0.2, 0.25) is 5.91 Å². The van der Waals surface area contributed by atoms with E-state index in [9.17, 15) is 18.5 Å². The van der Waals surface area contributed by atoms with Gasteiger partial charge in [0.15, 0.2) is 0 Å². The molecule has 10 heteroatoms. The van der Waals surface area contributed by atoms with E-state index in [0.29, 0.717) is 48.3 Å². The van der Waals surface area contributed by atoms with E-state index in [1.165, 1.54) is 15.6 Å². The Morgan fingerprint density at radius 3 is 2.41 bits per heavy atom. The molecule has 1 aliphatic heterocycles. The molecule has 0 radical (unpaired) electrons. The summed E-state index contributed by atoms with van der Waals surface area (Å²) in [4.78, 5) is 14.9. The van der Waals surface area contributed by atoms with Crippen LogP contribution in [0, 0.1) is 25.2 Å². The predicted octanol–water partition coefficient (Wildman–Crippen LogP) is 3.03. The molecule has 0 aliphatic carbocycles. The second-order valence-electron chi connectivity index (χ2n) is 8.28. The lowest BCUT2D eigenvalue weighted by molar-refractivity contribution is -0.117. The third-order valence-corrected chi connectivity index (χ3v) is 9.44. The van der Waals surface area contributed by atoms with Crippen molar-refractivity contribution < 1.29 is 13.2 Å². The molecule has 0 atom stereocenters. The first kappa shape index (κ1) is 24.2. The Balaban J connectivity index is 1.43. The SMILES string of the molecule is Cc1c(C#N)c(NC(=O)CN2CCN(S(=O)(=O)c3cccs3)CC2)n(Cc2ccccc2)c1C. The lowest BCUT2D eigenvalue weighted by atomic mass is 10.2. The largest absolute Gasteiger partial charge is 0.326 e. The molecule has 3 aromatic rings. The number of thiophene rings is 1. The van der Waals surface area contributed by atoms with Crippen molar-refractivity contribution in [1.29, 1.82) is 5.26 Å². The van der Waals surface area contributed by atoms with Crippen molar-refractivity contribution in [1.82, 2.24) is 13.8 Å². The maximum absolute atomic E-state index is 12.9. The summed E-state index contributed by atoms with van der Waals surface area (Å²) in [6.07, 6.45) is 0. The summed E-state index contributed by atoms with van der Waals surface area (Å²) in [6.45, 7) is 6.11. The number of hydrogen-bond acceptors (Lipinski definition) is 6. The van der Waals surface area contributed by atoms with E-state index in [2.05, 4.69) is 11.4 Å². The number of hydrogen-bond donors (Lipinski definition) is 1. The molecule has 1 aliphatic rings. The van der Waals surface area contributed by atoms with E-state index in [4.69, 9.17) is 0 Å². The molecule has 0 unspecified atom stereocenters. The highest BCUT2D eigenvalue weighted by molar-refractivity contribution is 7.91. The van der Waals surface area contributed by atoms with Gasteiger partial charge in [-0.15, -0.1) is 11.3 Å². The first-order chi connectivity index (χ1) is 16.3.